The summed E-state index contributed by atoms with van der Waals surface area (Å²) in [7, 11) is 0. The van der Waals surface area contributed by atoms with Crippen molar-refractivity contribution in [1.82, 2.24) is 4.90 Å². The van der Waals surface area contributed by atoms with Gasteiger partial charge in [-0.25, -0.2) is 0 Å². The highest BCUT2D eigenvalue weighted by atomic mass is 19.4. The van der Waals surface area contributed by atoms with Gasteiger partial charge in [-0.15, -0.1) is 0 Å². The van der Waals surface area contributed by atoms with E-state index in [1.165, 1.54) is 0 Å². The normalized spacial score (nSPS) is 24.0. The van der Waals surface area contributed by atoms with Gasteiger partial charge >= 0.3 is 6.18 Å². The first-order chi connectivity index (χ1) is 7.64. The lowest BCUT2D eigenvalue weighted by molar-refractivity contribution is -0.275. The molecule has 0 aromatic heterocycles. The van der Waals surface area contributed by atoms with Crippen molar-refractivity contribution in [2.24, 2.45) is 11.8 Å². The molecule has 1 heterocycles. The van der Waals surface area contributed by atoms with Crippen molar-refractivity contribution in [2.45, 2.75) is 45.4 Å². The van der Waals surface area contributed by atoms with Crippen LogP contribution in [-0.2, 0) is 0 Å². The zero-order valence-electron chi connectivity index (χ0n) is 10.7. The van der Waals surface area contributed by atoms with Crippen molar-refractivity contribution >= 4 is 0 Å². The van der Waals surface area contributed by atoms with Gasteiger partial charge in [0.2, 0.25) is 0 Å². The van der Waals surface area contributed by atoms with E-state index in [0.29, 0.717) is 31.8 Å². The number of hydrogen-bond donors (Lipinski definition) is 1. The van der Waals surface area contributed by atoms with Gasteiger partial charge in [-0.2, -0.15) is 13.2 Å². The van der Waals surface area contributed by atoms with Crippen LogP contribution in [0.1, 0.15) is 33.6 Å². The molecule has 0 spiro atoms. The second kappa shape index (κ2) is 5.14. The quantitative estimate of drug-likeness (QED) is 0.836. The number of likely N-dealkylation sites (tertiary alicyclic amines) is 1. The van der Waals surface area contributed by atoms with E-state index >= 15 is 0 Å². The molecule has 1 aliphatic rings. The molecule has 0 amide bonds. The Morgan fingerprint density at radius 1 is 1.24 bits per heavy atom. The third-order valence-electron chi connectivity index (χ3n) is 3.58. The van der Waals surface area contributed by atoms with Crippen molar-refractivity contribution in [3.63, 3.8) is 0 Å². The SMILES string of the molecule is CC(C)CN1CCC(C(C)(O)C(F)(F)F)CC1. The number of aliphatic hydroxyl groups is 1. The molecule has 1 atom stereocenters. The number of alkyl halides is 3. The van der Waals surface area contributed by atoms with Gasteiger partial charge in [0.15, 0.2) is 5.60 Å². The van der Waals surface area contributed by atoms with Crippen LogP contribution < -0.4 is 0 Å². The number of rotatable bonds is 3. The Labute approximate surface area is 101 Å². The maximum Gasteiger partial charge on any atom is 0.417 e. The van der Waals surface area contributed by atoms with Crippen LogP contribution in [0.5, 0.6) is 0 Å². The van der Waals surface area contributed by atoms with Crippen LogP contribution in [0.2, 0.25) is 0 Å². The van der Waals surface area contributed by atoms with E-state index < -0.39 is 17.7 Å². The summed E-state index contributed by atoms with van der Waals surface area (Å²) in [4.78, 5) is 2.17. The van der Waals surface area contributed by atoms with E-state index in [-0.39, 0.29) is 0 Å². The number of nitrogens with zero attached hydrogens (tertiary/aromatic N) is 1. The van der Waals surface area contributed by atoms with Crippen molar-refractivity contribution < 1.29 is 18.3 Å². The zero-order valence-corrected chi connectivity index (χ0v) is 10.7. The molecule has 1 saturated heterocycles. The van der Waals surface area contributed by atoms with Crippen LogP contribution in [0, 0.1) is 11.8 Å². The smallest absolute Gasteiger partial charge is 0.380 e. The van der Waals surface area contributed by atoms with E-state index in [0.717, 1.165) is 13.5 Å². The summed E-state index contributed by atoms with van der Waals surface area (Å²) in [5.74, 6) is -0.152. The van der Waals surface area contributed by atoms with Gasteiger partial charge in [-0.1, -0.05) is 13.8 Å². The molecular formula is C12H22F3NO. The van der Waals surface area contributed by atoms with Crippen molar-refractivity contribution in [1.29, 1.82) is 0 Å². The second-order valence-corrected chi connectivity index (χ2v) is 5.61. The van der Waals surface area contributed by atoms with Crippen molar-refractivity contribution in [3.8, 4) is 0 Å². The molecule has 1 unspecified atom stereocenters. The maximum atomic E-state index is 12.7. The molecule has 0 bridgehead atoms. The maximum absolute atomic E-state index is 12.7. The Morgan fingerprint density at radius 3 is 2.06 bits per heavy atom. The summed E-state index contributed by atoms with van der Waals surface area (Å²) in [6, 6.07) is 0. The first kappa shape index (κ1) is 14.8. The third-order valence-corrected chi connectivity index (χ3v) is 3.58. The molecule has 5 heteroatoms. The lowest BCUT2D eigenvalue weighted by Gasteiger charge is -2.40. The van der Waals surface area contributed by atoms with Crippen molar-refractivity contribution in [3.05, 3.63) is 0 Å². The van der Waals surface area contributed by atoms with E-state index in [9.17, 15) is 18.3 Å². The zero-order chi connectivity index (χ0) is 13.3. The van der Waals surface area contributed by atoms with Crippen LogP contribution >= 0.6 is 0 Å². The Balaban J connectivity index is 2.52. The molecule has 0 aliphatic carbocycles. The number of hydrogen-bond acceptors (Lipinski definition) is 2. The molecule has 102 valence electrons. The Morgan fingerprint density at radius 2 is 1.71 bits per heavy atom. The first-order valence-corrected chi connectivity index (χ1v) is 6.16. The molecule has 1 aliphatic heterocycles. The van der Waals surface area contributed by atoms with Gasteiger partial charge in [0.25, 0.3) is 0 Å². The molecule has 0 aromatic carbocycles. The number of halogens is 3. The molecule has 0 radical (unpaired) electrons. The second-order valence-electron chi connectivity index (χ2n) is 5.61. The van der Waals surface area contributed by atoms with E-state index in [1.807, 2.05) is 0 Å². The monoisotopic (exact) mass is 253 g/mol. The van der Waals surface area contributed by atoms with E-state index in [2.05, 4.69) is 18.7 Å². The largest absolute Gasteiger partial charge is 0.417 e. The summed E-state index contributed by atoms with van der Waals surface area (Å²) in [6.07, 6.45) is -3.70. The summed E-state index contributed by atoms with van der Waals surface area (Å²) in [5.41, 5.74) is -2.54. The molecule has 0 saturated carbocycles. The third kappa shape index (κ3) is 3.58. The summed E-state index contributed by atoms with van der Waals surface area (Å²) in [5, 5.41) is 9.60. The average Bonchev–Trinajstić information content (AvgIpc) is 2.15. The molecule has 0 aromatic rings. The summed E-state index contributed by atoms with van der Waals surface area (Å²) >= 11 is 0. The fraction of sp³-hybridized carbons (Fsp3) is 1.00. The molecule has 1 fully saturated rings. The Kier molecular flexibility index (Phi) is 4.47. The van der Waals surface area contributed by atoms with Gasteiger partial charge in [0.1, 0.15) is 0 Å². The fourth-order valence-corrected chi connectivity index (χ4v) is 2.43. The Hall–Kier alpha value is -0.290. The molecule has 1 rings (SSSR count). The van der Waals surface area contributed by atoms with Crippen LogP contribution in [-0.4, -0.2) is 41.4 Å². The summed E-state index contributed by atoms with van der Waals surface area (Å²) < 4.78 is 38.0. The minimum Gasteiger partial charge on any atom is -0.380 e. The van der Waals surface area contributed by atoms with Gasteiger partial charge < -0.3 is 10.0 Å². The van der Waals surface area contributed by atoms with Crippen molar-refractivity contribution in [2.75, 3.05) is 19.6 Å². The van der Waals surface area contributed by atoms with Gasteiger partial charge in [0, 0.05) is 6.54 Å². The van der Waals surface area contributed by atoms with Crippen LogP contribution in [0.4, 0.5) is 13.2 Å². The highest BCUT2D eigenvalue weighted by Crippen LogP contribution is 2.40. The highest BCUT2D eigenvalue weighted by Gasteiger charge is 2.54. The average molecular weight is 253 g/mol. The molecule has 1 N–H and O–H groups in total. The van der Waals surface area contributed by atoms with Gasteiger partial charge in [-0.3, -0.25) is 0 Å². The topological polar surface area (TPSA) is 23.5 Å². The lowest BCUT2D eigenvalue weighted by atomic mass is 9.81. The highest BCUT2D eigenvalue weighted by molar-refractivity contribution is 4.91. The van der Waals surface area contributed by atoms with Crippen LogP contribution in [0.15, 0.2) is 0 Å². The minimum absolute atomic E-state index is 0.416. The van der Waals surface area contributed by atoms with Gasteiger partial charge in [0.05, 0.1) is 0 Å². The lowest BCUT2D eigenvalue weighted by Crippen LogP contribution is -2.52. The number of piperidine rings is 1. The van der Waals surface area contributed by atoms with E-state index in [1.54, 1.807) is 0 Å². The standard InChI is InChI=1S/C12H22F3NO/c1-9(2)8-16-6-4-10(5-7-16)11(3,17)12(13,14)15/h9-10,17H,4-8H2,1-3H3. The van der Waals surface area contributed by atoms with Gasteiger partial charge in [-0.05, 0) is 44.7 Å². The molecule has 2 nitrogen and oxygen atoms in total. The minimum atomic E-state index is -4.53. The predicted octanol–water partition coefficient (Wildman–Crippen LogP) is 2.67. The van der Waals surface area contributed by atoms with Crippen LogP contribution in [0.25, 0.3) is 0 Å². The summed E-state index contributed by atoms with van der Waals surface area (Å²) in [6.45, 7) is 7.30. The predicted molar refractivity (Wildman–Crippen MR) is 60.7 cm³/mol. The van der Waals surface area contributed by atoms with Crippen LogP contribution in [0.3, 0.4) is 0 Å². The molecular weight excluding hydrogens is 231 g/mol. The Bertz CT molecular complexity index is 243. The first-order valence-electron chi connectivity index (χ1n) is 6.16. The fourth-order valence-electron chi connectivity index (χ4n) is 2.43. The van der Waals surface area contributed by atoms with E-state index in [4.69, 9.17) is 0 Å². The molecule has 17 heavy (non-hydrogen) atoms.